The van der Waals surface area contributed by atoms with E-state index in [4.69, 9.17) is 30.0 Å². The van der Waals surface area contributed by atoms with Gasteiger partial charge in [-0.25, -0.2) is 9.13 Å². The lowest BCUT2D eigenvalue weighted by Crippen LogP contribution is -2.62. The van der Waals surface area contributed by atoms with Crippen LogP contribution >= 0.6 is 15.6 Å². The monoisotopic (exact) mass is 339 g/mol. The Bertz CT molecular complexity index is 417. The Labute approximate surface area is 112 Å². The van der Waals surface area contributed by atoms with Crippen molar-refractivity contribution in [1.29, 1.82) is 0 Å². The second kappa shape index (κ2) is 6.44. The van der Waals surface area contributed by atoms with E-state index in [0.717, 1.165) is 0 Å². The molecule has 1 aliphatic rings. The third-order valence-electron chi connectivity index (χ3n) is 2.40. The molecule has 12 nitrogen and oxygen atoms in total. The Balaban J connectivity index is 2.76. The van der Waals surface area contributed by atoms with E-state index in [9.17, 15) is 19.3 Å². The Morgan fingerprint density at radius 1 is 1.05 bits per heavy atom. The van der Waals surface area contributed by atoms with Crippen molar-refractivity contribution in [3.8, 4) is 0 Å². The lowest BCUT2D eigenvalue weighted by Gasteiger charge is -2.40. The molecule has 0 aromatic carbocycles. The molecule has 1 aliphatic heterocycles. The number of phosphoric acid groups is 2. The Morgan fingerprint density at radius 3 is 2.05 bits per heavy atom. The fraction of sp³-hybridized carbons (Fsp3) is 1.00. The predicted octanol–water partition coefficient (Wildman–Crippen LogP) is -3.02. The summed E-state index contributed by atoms with van der Waals surface area (Å²) in [4.78, 5) is 34.3. The van der Waals surface area contributed by atoms with Crippen LogP contribution in [0.1, 0.15) is 0 Å². The maximum Gasteiger partial charge on any atom is 0.471 e. The minimum atomic E-state index is -4.99. The van der Waals surface area contributed by atoms with Gasteiger partial charge in [-0.05, 0) is 0 Å². The third-order valence-corrected chi connectivity index (χ3v) is 3.36. The van der Waals surface area contributed by atoms with Crippen LogP contribution in [0.4, 0.5) is 0 Å². The lowest BCUT2D eigenvalue weighted by molar-refractivity contribution is -0.242. The summed E-state index contributed by atoms with van der Waals surface area (Å²) < 4.78 is 34.3. The fourth-order valence-electron chi connectivity index (χ4n) is 1.49. The number of aliphatic hydroxyl groups excluding tert-OH is 2. The van der Waals surface area contributed by atoms with E-state index < -0.39 is 52.9 Å². The Hall–Kier alpha value is 0.0600. The van der Waals surface area contributed by atoms with Crippen LogP contribution in [0.15, 0.2) is 0 Å². The number of hydrogen-bond acceptors (Lipinski definition) is 8. The van der Waals surface area contributed by atoms with Gasteiger partial charge in [0.25, 0.3) is 0 Å². The zero-order chi connectivity index (χ0) is 15.7. The molecule has 1 saturated heterocycles. The highest BCUT2D eigenvalue weighted by molar-refractivity contribution is 7.46. The number of ether oxygens (including phenoxy) is 1. The van der Waals surface area contributed by atoms with Gasteiger partial charge in [0.1, 0.15) is 18.3 Å². The second-order valence-electron chi connectivity index (χ2n) is 3.98. The van der Waals surface area contributed by atoms with Crippen molar-refractivity contribution >= 4 is 15.6 Å². The van der Waals surface area contributed by atoms with E-state index in [2.05, 4.69) is 9.05 Å². The molecular formula is C6H15NO11P2. The van der Waals surface area contributed by atoms with E-state index in [1.54, 1.807) is 0 Å². The maximum atomic E-state index is 10.7. The molecule has 0 radical (unpaired) electrons. The number of hydrogen-bond donors (Lipinski definition) is 7. The summed E-state index contributed by atoms with van der Waals surface area (Å²) in [6.07, 6.45) is -6.69. The number of phosphoric ester groups is 2. The van der Waals surface area contributed by atoms with Crippen molar-refractivity contribution < 1.29 is 52.7 Å². The minimum absolute atomic E-state index is 0.851. The summed E-state index contributed by atoms with van der Waals surface area (Å²) in [5.41, 5.74) is 5.37. The van der Waals surface area contributed by atoms with E-state index in [1.807, 2.05) is 0 Å². The zero-order valence-electron chi connectivity index (χ0n) is 9.79. The Morgan fingerprint density at radius 2 is 1.60 bits per heavy atom. The van der Waals surface area contributed by atoms with Crippen molar-refractivity contribution in [2.24, 2.45) is 5.73 Å². The van der Waals surface area contributed by atoms with Gasteiger partial charge in [-0.2, -0.15) is 0 Å². The molecule has 14 heteroatoms. The number of nitrogens with two attached hydrogens (primary N) is 1. The van der Waals surface area contributed by atoms with Crippen LogP contribution in [-0.4, -0.2) is 67.0 Å². The van der Waals surface area contributed by atoms with Crippen LogP contribution in [0.2, 0.25) is 0 Å². The molecule has 8 N–H and O–H groups in total. The summed E-state index contributed by atoms with van der Waals surface area (Å²) in [5, 5.41) is 19.2. The normalized spacial score (nSPS) is 36.0. The van der Waals surface area contributed by atoms with Gasteiger partial charge in [-0.15, -0.1) is 0 Å². The molecule has 0 aromatic heterocycles. The van der Waals surface area contributed by atoms with Crippen LogP contribution in [0, 0.1) is 0 Å². The summed E-state index contributed by atoms with van der Waals surface area (Å²) in [5.74, 6) is 0. The zero-order valence-corrected chi connectivity index (χ0v) is 11.6. The highest BCUT2D eigenvalue weighted by Gasteiger charge is 2.46. The number of rotatable bonds is 5. The summed E-state index contributed by atoms with van der Waals surface area (Å²) in [6.45, 7) is -0.851. The molecule has 1 unspecified atom stereocenters. The van der Waals surface area contributed by atoms with Crippen molar-refractivity contribution in [2.45, 2.75) is 30.6 Å². The van der Waals surface area contributed by atoms with Crippen molar-refractivity contribution in [2.75, 3.05) is 6.61 Å². The van der Waals surface area contributed by atoms with Crippen LogP contribution in [0.25, 0.3) is 0 Å². The first-order chi connectivity index (χ1) is 8.91. The molecule has 120 valence electrons. The predicted molar refractivity (Wildman–Crippen MR) is 59.8 cm³/mol. The van der Waals surface area contributed by atoms with Crippen molar-refractivity contribution in [1.82, 2.24) is 0 Å². The summed E-state index contributed by atoms with van der Waals surface area (Å²) in [7, 11) is -9.84. The van der Waals surface area contributed by atoms with E-state index in [-0.39, 0.29) is 0 Å². The van der Waals surface area contributed by atoms with Crippen LogP contribution < -0.4 is 5.73 Å². The van der Waals surface area contributed by atoms with E-state index in [0.29, 0.717) is 0 Å². The maximum absolute atomic E-state index is 10.7. The van der Waals surface area contributed by atoms with Gasteiger partial charge < -0.3 is 40.3 Å². The average Bonchev–Trinajstić information content (AvgIpc) is 2.25. The smallest absolute Gasteiger partial charge is 0.388 e. The molecule has 1 heterocycles. The highest BCUT2D eigenvalue weighted by atomic mass is 31.2. The van der Waals surface area contributed by atoms with Gasteiger partial charge in [0.15, 0.2) is 6.29 Å². The van der Waals surface area contributed by atoms with Gasteiger partial charge in [0.05, 0.1) is 12.6 Å². The SMILES string of the molecule is N[C@H]1C(OP(=O)(O)O)O[C@H](COP(=O)(O)O)[C@@H](O)[C@@H]1O. The van der Waals surface area contributed by atoms with Crippen molar-refractivity contribution in [3.63, 3.8) is 0 Å². The Kier molecular flexibility index (Phi) is 5.83. The average molecular weight is 339 g/mol. The molecule has 1 rings (SSSR count). The van der Waals surface area contributed by atoms with Crippen LogP contribution in [-0.2, 0) is 22.9 Å². The molecule has 0 saturated carbocycles. The fourth-order valence-corrected chi connectivity index (χ4v) is 2.29. The first-order valence-corrected chi connectivity index (χ1v) is 8.18. The molecule has 0 aliphatic carbocycles. The molecule has 1 fully saturated rings. The highest BCUT2D eigenvalue weighted by Crippen LogP contribution is 2.41. The number of aliphatic hydroxyl groups is 2. The molecular weight excluding hydrogens is 324 g/mol. The van der Waals surface area contributed by atoms with Crippen molar-refractivity contribution in [3.05, 3.63) is 0 Å². The topological polar surface area (TPSA) is 209 Å². The standard InChI is InChI=1S/C6H15NO11P2/c7-3-5(9)4(8)2(1-16-19(10,11)12)17-6(3)18-20(13,14)15/h2-6,8-9H,1,7H2,(H2,10,11,12)(H2,13,14,15)/t2-,3-,4-,5-,6?/m1/s1. The van der Waals surface area contributed by atoms with E-state index in [1.165, 1.54) is 0 Å². The van der Waals surface area contributed by atoms with Gasteiger partial charge in [0, 0.05) is 0 Å². The van der Waals surface area contributed by atoms with Crippen LogP contribution in [0.5, 0.6) is 0 Å². The quantitative estimate of drug-likeness (QED) is 0.250. The molecule has 0 aromatic rings. The minimum Gasteiger partial charge on any atom is -0.388 e. The summed E-state index contributed by atoms with van der Waals surface area (Å²) in [6, 6.07) is -1.48. The van der Waals surface area contributed by atoms with Gasteiger partial charge in [-0.1, -0.05) is 0 Å². The van der Waals surface area contributed by atoms with Gasteiger partial charge in [-0.3, -0.25) is 9.05 Å². The first kappa shape index (κ1) is 18.1. The molecule has 5 atom stereocenters. The largest absolute Gasteiger partial charge is 0.471 e. The molecule has 0 bridgehead atoms. The third kappa shape index (κ3) is 5.45. The van der Waals surface area contributed by atoms with Gasteiger partial charge >= 0.3 is 15.6 Å². The second-order valence-corrected chi connectivity index (χ2v) is 6.42. The van der Waals surface area contributed by atoms with Crippen LogP contribution in [0.3, 0.4) is 0 Å². The first-order valence-electron chi connectivity index (χ1n) is 5.12. The lowest BCUT2D eigenvalue weighted by atomic mass is 9.98. The summed E-state index contributed by atoms with van der Waals surface area (Å²) >= 11 is 0. The van der Waals surface area contributed by atoms with E-state index >= 15 is 0 Å². The molecule has 20 heavy (non-hydrogen) atoms. The molecule has 0 amide bonds. The van der Waals surface area contributed by atoms with Gasteiger partial charge in [0.2, 0.25) is 0 Å². The molecule has 0 spiro atoms.